The van der Waals surface area contributed by atoms with Crippen LogP contribution in [-0.4, -0.2) is 25.7 Å². The molecule has 0 amide bonds. The minimum absolute atomic E-state index is 0. The summed E-state index contributed by atoms with van der Waals surface area (Å²) in [5.74, 6) is 0.186. The van der Waals surface area contributed by atoms with Crippen LogP contribution in [0.4, 0.5) is 0 Å². The molecule has 0 spiro atoms. The normalized spacial score (nSPS) is 22.9. The molecule has 0 radical (unpaired) electrons. The van der Waals surface area contributed by atoms with Gasteiger partial charge >= 0.3 is 5.97 Å². The van der Waals surface area contributed by atoms with E-state index in [-0.39, 0.29) is 30.2 Å². The number of benzene rings is 1. The molecule has 1 aliphatic heterocycles. The molecule has 1 aromatic rings. The van der Waals surface area contributed by atoms with Crippen LogP contribution in [0.1, 0.15) is 24.8 Å². The minimum Gasteiger partial charge on any atom is -0.466 e. The second-order valence-corrected chi connectivity index (χ2v) is 4.37. The highest BCUT2D eigenvalue weighted by molar-refractivity contribution is 5.85. The van der Waals surface area contributed by atoms with Gasteiger partial charge in [-0.2, -0.15) is 0 Å². The van der Waals surface area contributed by atoms with Gasteiger partial charge in [-0.1, -0.05) is 30.3 Å². The second-order valence-electron chi connectivity index (χ2n) is 4.37. The van der Waals surface area contributed by atoms with Gasteiger partial charge in [0.25, 0.3) is 0 Å². The van der Waals surface area contributed by atoms with Gasteiger partial charge in [-0.15, -0.1) is 12.4 Å². The van der Waals surface area contributed by atoms with E-state index in [9.17, 15) is 4.79 Å². The van der Waals surface area contributed by atoms with Crippen molar-refractivity contribution in [2.45, 2.75) is 19.3 Å². The predicted octanol–water partition coefficient (Wildman–Crippen LogP) is 2.36. The first kappa shape index (κ1) is 15.0. The second kappa shape index (κ2) is 7.39. The fraction of sp³-hybridized carbons (Fsp3) is 0.500. The Morgan fingerprint density at radius 1 is 1.39 bits per heavy atom. The SMILES string of the molecule is CCOC(=O)[C@@H]1CCNC[C@H]1c1ccccc1.Cl. The van der Waals surface area contributed by atoms with Crippen molar-refractivity contribution in [3.63, 3.8) is 0 Å². The summed E-state index contributed by atoms with van der Waals surface area (Å²) >= 11 is 0. The van der Waals surface area contributed by atoms with E-state index in [0.717, 1.165) is 19.5 Å². The molecule has 0 saturated carbocycles. The Kier molecular flexibility index (Phi) is 6.16. The molecule has 1 aliphatic rings. The lowest BCUT2D eigenvalue weighted by molar-refractivity contribution is -0.149. The molecule has 4 heteroatoms. The average molecular weight is 270 g/mol. The molecule has 0 aliphatic carbocycles. The number of rotatable bonds is 3. The summed E-state index contributed by atoms with van der Waals surface area (Å²) in [5, 5.41) is 3.35. The standard InChI is InChI=1S/C14H19NO2.ClH/c1-2-17-14(16)12-8-9-15-10-13(12)11-6-4-3-5-7-11;/h3-7,12-13,15H,2,8-10H2,1H3;1H/t12-,13+;/m1./s1. The van der Waals surface area contributed by atoms with Gasteiger partial charge in [-0.05, 0) is 25.5 Å². The highest BCUT2D eigenvalue weighted by Crippen LogP contribution is 2.30. The van der Waals surface area contributed by atoms with Crippen molar-refractivity contribution in [3.05, 3.63) is 35.9 Å². The third-order valence-corrected chi connectivity index (χ3v) is 3.30. The third-order valence-electron chi connectivity index (χ3n) is 3.30. The topological polar surface area (TPSA) is 38.3 Å². The smallest absolute Gasteiger partial charge is 0.309 e. The zero-order chi connectivity index (χ0) is 12.1. The summed E-state index contributed by atoms with van der Waals surface area (Å²) in [6, 6.07) is 10.2. The lowest BCUT2D eigenvalue weighted by atomic mass is 9.81. The summed E-state index contributed by atoms with van der Waals surface area (Å²) in [4.78, 5) is 11.9. The van der Waals surface area contributed by atoms with Crippen molar-refractivity contribution >= 4 is 18.4 Å². The number of ether oxygens (including phenoxy) is 1. The first-order valence-electron chi connectivity index (χ1n) is 6.25. The van der Waals surface area contributed by atoms with Crippen molar-refractivity contribution in [2.75, 3.05) is 19.7 Å². The third kappa shape index (κ3) is 3.47. The quantitative estimate of drug-likeness (QED) is 0.856. The van der Waals surface area contributed by atoms with E-state index >= 15 is 0 Å². The molecule has 1 fully saturated rings. The molecular formula is C14H20ClNO2. The predicted molar refractivity (Wildman–Crippen MR) is 74.0 cm³/mol. The number of nitrogens with one attached hydrogen (secondary N) is 1. The molecule has 0 bridgehead atoms. The van der Waals surface area contributed by atoms with E-state index in [1.807, 2.05) is 25.1 Å². The number of hydrogen-bond donors (Lipinski definition) is 1. The molecule has 1 saturated heterocycles. The zero-order valence-corrected chi connectivity index (χ0v) is 11.4. The average Bonchev–Trinajstić information content (AvgIpc) is 2.40. The molecule has 0 aromatic heterocycles. The molecule has 1 heterocycles. The first-order valence-corrected chi connectivity index (χ1v) is 6.25. The molecular weight excluding hydrogens is 250 g/mol. The lowest BCUT2D eigenvalue weighted by Crippen LogP contribution is -2.39. The van der Waals surface area contributed by atoms with Crippen LogP contribution in [0, 0.1) is 5.92 Å². The Morgan fingerprint density at radius 2 is 2.11 bits per heavy atom. The van der Waals surface area contributed by atoms with Crippen LogP contribution in [0.25, 0.3) is 0 Å². The van der Waals surface area contributed by atoms with Gasteiger partial charge in [0.1, 0.15) is 0 Å². The molecule has 1 N–H and O–H groups in total. The van der Waals surface area contributed by atoms with E-state index in [1.54, 1.807) is 0 Å². The lowest BCUT2D eigenvalue weighted by Gasteiger charge is -2.30. The Bertz CT molecular complexity index is 369. The maximum atomic E-state index is 11.9. The largest absolute Gasteiger partial charge is 0.466 e. The van der Waals surface area contributed by atoms with Crippen LogP contribution in [0.5, 0.6) is 0 Å². The Morgan fingerprint density at radius 3 is 2.78 bits per heavy atom. The van der Waals surface area contributed by atoms with Gasteiger partial charge in [-0.25, -0.2) is 0 Å². The summed E-state index contributed by atoms with van der Waals surface area (Å²) in [5.41, 5.74) is 1.22. The van der Waals surface area contributed by atoms with Crippen molar-refractivity contribution in [3.8, 4) is 0 Å². The summed E-state index contributed by atoms with van der Waals surface area (Å²) in [6.07, 6.45) is 0.860. The van der Waals surface area contributed by atoms with Crippen LogP contribution < -0.4 is 5.32 Å². The Labute approximate surface area is 114 Å². The van der Waals surface area contributed by atoms with E-state index in [1.165, 1.54) is 5.56 Å². The van der Waals surface area contributed by atoms with Crippen molar-refractivity contribution < 1.29 is 9.53 Å². The maximum absolute atomic E-state index is 11.9. The van der Waals surface area contributed by atoms with Gasteiger partial charge in [0.15, 0.2) is 0 Å². The van der Waals surface area contributed by atoms with Gasteiger partial charge in [0, 0.05) is 12.5 Å². The fourth-order valence-electron chi connectivity index (χ4n) is 2.44. The van der Waals surface area contributed by atoms with E-state index < -0.39 is 0 Å². The maximum Gasteiger partial charge on any atom is 0.309 e. The van der Waals surface area contributed by atoms with Crippen LogP contribution in [0.2, 0.25) is 0 Å². The first-order chi connectivity index (χ1) is 8.33. The van der Waals surface area contributed by atoms with Crippen LogP contribution in [0.15, 0.2) is 30.3 Å². The van der Waals surface area contributed by atoms with E-state index in [2.05, 4.69) is 17.4 Å². The monoisotopic (exact) mass is 269 g/mol. The number of esters is 1. The van der Waals surface area contributed by atoms with Crippen molar-refractivity contribution in [1.29, 1.82) is 0 Å². The molecule has 1 aromatic carbocycles. The van der Waals surface area contributed by atoms with Crippen LogP contribution >= 0.6 is 12.4 Å². The van der Waals surface area contributed by atoms with Gasteiger partial charge in [0.2, 0.25) is 0 Å². The highest BCUT2D eigenvalue weighted by atomic mass is 35.5. The highest BCUT2D eigenvalue weighted by Gasteiger charge is 2.32. The fourth-order valence-corrected chi connectivity index (χ4v) is 2.44. The molecule has 18 heavy (non-hydrogen) atoms. The molecule has 2 atom stereocenters. The number of hydrogen-bond acceptors (Lipinski definition) is 3. The van der Waals surface area contributed by atoms with Gasteiger partial charge < -0.3 is 10.1 Å². The van der Waals surface area contributed by atoms with E-state index in [0.29, 0.717) is 6.61 Å². The molecule has 2 rings (SSSR count). The van der Waals surface area contributed by atoms with Crippen LogP contribution in [-0.2, 0) is 9.53 Å². The Hall–Kier alpha value is -1.06. The number of halogens is 1. The Balaban J connectivity index is 0.00000162. The summed E-state index contributed by atoms with van der Waals surface area (Å²) < 4.78 is 5.17. The molecule has 3 nitrogen and oxygen atoms in total. The van der Waals surface area contributed by atoms with Gasteiger partial charge in [-0.3, -0.25) is 4.79 Å². The molecule has 0 unspecified atom stereocenters. The van der Waals surface area contributed by atoms with Gasteiger partial charge in [0.05, 0.1) is 12.5 Å². The number of carbonyl (C=O) groups excluding carboxylic acids is 1. The summed E-state index contributed by atoms with van der Waals surface area (Å²) in [6.45, 7) is 4.07. The minimum atomic E-state index is -0.0529. The van der Waals surface area contributed by atoms with Crippen molar-refractivity contribution in [1.82, 2.24) is 5.32 Å². The number of carbonyl (C=O) groups is 1. The summed E-state index contributed by atoms with van der Waals surface area (Å²) in [7, 11) is 0. The molecule has 100 valence electrons. The van der Waals surface area contributed by atoms with E-state index in [4.69, 9.17) is 4.74 Å². The zero-order valence-electron chi connectivity index (χ0n) is 10.6. The van der Waals surface area contributed by atoms with Crippen molar-refractivity contribution in [2.24, 2.45) is 5.92 Å². The van der Waals surface area contributed by atoms with Crippen LogP contribution in [0.3, 0.4) is 0 Å². The number of piperidine rings is 1.